The molecule has 0 aliphatic carbocycles. The lowest BCUT2D eigenvalue weighted by Crippen LogP contribution is -2.21. The van der Waals surface area contributed by atoms with E-state index in [2.05, 4.69) is 41.4 Å². The fourth-order valence-corrected chi connectivity index (χ4v) is 3.17. The first-order chi connectivity index (χ1) is 12.3. The molecule has 0 spiro atoms. The highest BCUT2D eigenvalue weighted by Crippen LogP contribution is 2.27. The van der Waals surface area contributed by atoms with Gasteiger partial charge in [0.05, 0.1) is 5.69 Å². The lowest BCUT2D eigenvalue weighted by atomic mass is 10.1. The zero-order valence-corrected chi connectivity index (χ0v) is 14.4. The summed E-state index contributed by atoms with van der Waals surface area (Å²) in [6.45, 7) is 4.16. The minimum Gasteiger partial charge on any atom is -0.341 e. The number of para-hydroxylation sites is 1. The van der Waals surface area contributed by atoms with Crippen LogP contribution in [0, 0.1) is 6.92 Å². The molecule has 0 amide bonds. The number of hydrogen-bond acceptors (Lipinski definition) is 4. The monoisotopic (exact) mass is 330 g/mol. The summed E-state index contributed by atoms with van der Waals surface area (Å²) in [6, 6.07) is 20.6. The number of nitrogens with zero attached hydrogens (tertiary/aromatic N) is 3. The molecule has 4 heteroatoms. The fourth-order valence-electron chi connectivity index (χ4n) is 3.17. The van der Waals surface area contributed by atoms with Gasteiger partial charge in [0, 0.05) is 30.4 Å². The third-order valence-electron chi connectivity index (χ3n) is 4.58. The lowest BCUT2D eigenvalue weighted by molar-refractivity contribution is 0.902. The van der Waals surface area contributed by atoms with Crippen molar-refractivity contribution in [1.29, 1.82) is 0 Å². The average molecular weight is 330 g/mol. The van der Waals surface area contributed by atoms with Crippen molar-refractivity contribution in [3.63, 3.8) is 0 Å². The first kappa shape index (κ1) is 15.6. The second kappa shape index (κ2) is 6.93. The van der Waals surface area contributed by atoms with E-state index < -0.39 is 0 Å². The maximum absolute atomic E-state index is 4.82. The van der Waals surface area contributed by atoms with Crippen LogP contribution in [-0.2, 0) is 0 Å². The summed E-state index contributed by atoms with van der Waals surface area (Å²) in [7, 11) is 0. The number of anilines is 3. The molecule has 2 heterocycles. The predicted octanol–water partition coefficient (Wildman–Crippen LogP) is 4.80. The molecule has 126 valence electrons. The zero-order chi connectivity index (χ0) is 17.1. The Bertz CT molecular complexity index is 855. The van der Waals surface area contributed by atoms with Crippen molar-refractivity contribution >= 4 is 17.5 Å². The van der Waals surface area contributed by atoms with E-state index in [1.165, 1.54) is 18.4 Å². The topological polar surface area (TPSA) is 41.1 Å². The second-order valence-corrected chi connectivity index (χ2v) is 6.44. The first-order valence-electron chi connectivity index (χ1n) is 8.82. The fraction of sp³-hybridized carbons (Fsp3) is 0.238. The molecule has 0 bridgehead atoms. The van der Waals surface area contributed by atoms with Gasteiger partial charge < -0.3 is 10.2 Å². The Labute approximate surface area is 148 Å². The van der Waals surface area contributed by atoms with Gasteiger partial charge >= 0.3 is 0 Å². The summed E-state index contributed by atoms with van der Waals surface area (Å²) in [6.07, 6.45) is 2.42. The molecule has 0 radical (unpaired) electrons. The normalized spacial score (nSPS) is 13.9. The van der Waals surface area contributed by atoms with Gasteiger partial charge in [0.1, 0.15) is 5.82 Å². The van der Waals surface area contributed by atoms with Crippen LogP contribution < -0.4 is 10.2 Å². The van der Waals surface area contributed by atoms with Gasteiger partial charge in [-0.1, -0.05) is 48.5 Å². The molecule has 4 nitrogen and oxygen atoms in total. The first-order valence-corrected chi connectivity index (χ1v) is 8.82. The summed E-state index contributed by atoms with van der Waals surface area (Å²) in [4.78, 5) is 11.9. The van der Waals surface area contributed by atoms with Crippen LogP contribution >= 0.6 is 0 Å². The minimum atomic E-state index is 0.815. The molecule has 1 aliphatic heterocycles. The van der Waals surface area contributed by atoms with Crippen molar-refractivity contribution in [2.24, 2.45) is 0 Å². The van der Waals surface area contributed by atoms with Crippen molar-refractivity contribution in [1.82, 2.24) is 9.97 Å². The second-order valence-electron chi connectivity index (χ2n) is 6.44. The van der Waals surface area contributed by atoms with Crippen LogP contribution in [0.4, 0.5) is 17.5 Å². The molecule has 1 aromatic heterocycles. The Balaban J connectivity index is 1.74. The molecule has 3 aromatic rings. The summed E-state index contributed by atoms with van der Waals surface area (Å²) in [5.74, 6) is 1.65. The smallest absolute Gasteiger partial charge is 0.227 e. The number of nitrogens with one attached hydrogen (secondary N) is 1. The third-order valence-corrected chi connectivity index (χ3v) is 4.58. The molecule has 1 fully saturated rings. The van der Waals surface area contributed by atoms with E-state index in [0.29, 0.717) is 0 Å². The Kier molecular flexibility index (Phi) is 4.34. The van der Waals surface area contributed by atoms with E-state index in [9.17, 15) is 0 Å². The van der Waals surface area contributed by atoms with Crippen LogP contribution in [0.5, 0.6) is 0 Å². The van der Waals surface area contributed by atoms with E-state index in [0.717, 1.165) is 41.8 Å². The summed E-state index contributed by atoms with van der Waals surface area (Å²) in [5.41, 5.74) is 4.34. The Morgan fingerprint density at radius 3 is 2.36 bits per heavy atom. The van der Waals surface area contributed by atoms with E-state index >= 15 is 0 Å². The highest BCUT2D eigenvalue weighted by molar-refractivity contribution is 5.68. The molecule has 0 unspecified atom stereocenters. The minimum absolute atomic E-state index is 0.815. The van der Waals surface area contributed by atoms with Crippen molar-refractivity contribution in [2.75, 3.05) is 23.3 Å². The number of rotatable bonds is 4. The maximum Gasteiger partial charge on any atom is 0.227 e. The van der Waals surface area contributed by atoms with Crippen LogP contribution in [0.1, 0.15) is 18.4 Å². The summed E-state index contributed by atoms with van der Waals surface area (Å²) < 4.78 is 0. The van der Waals surface area contributed by atoms with Gasteiger partial charge in [0.2, 0.25) is 5.95 Å². The molecule has 2 aromatic carbocycles. The van der Waals surface area contributed by atoms with Crippen molar-refractivity contribution < 1.29 is 0 Å². The molecule has 0 saturated carbocycles. The van der Waals surface area contributed by atoms with E-state index in [1.807, 2.05) is 36.4 Å². The standard InChI is InChI=1S/C21H22N4/c1-16-9-5-6-12-18(16)22-20-15-19(17-10-3-2-4-11-17)23-21(24-20)25-13-7-8-14-25/h2-6,9-12,15H,7-8,13-14H2,1H3,(H,22,23,24). The molecular weight excluding hydrogens is 308 g/mol. The number of aromatic nitrogens is 2. The molecule has 1 aliphatic rings. The quantitative estimate of drug-likeness (QED) is 0.746. The highest BCUT2D eigenvalue weighted by atomic mass is 15.3. The van der Waals surface area contributed by atoms with Crippen LogP contribution in [0.2, 0.25) is 0 Å². The Morgan fingerprint density at radius 2 is 1.60 bits per heavy atom. The predicted molar refractivity (Wildman–Crippen MR) is 103 cm³/mol. The van der Waals surface area contributed by atoms with Crippen LogP contribution in [0.15, 0.2) is 60.7 Å². The van der Waals surface area contributed by atoms with Crippen molar-refractivity contribution in [2.45, 2.75) is 19.8 Å². The summed E-state index contributed by atoms with van der Waals surface area (Å²) >= 11 is 0. The Morgan fingerprint density at radius 1 is 0.880 bits per heavy atom. The van der Waals surface area contributed by atoms with Crippen LogP contribution in [0.25, 0.3) is 11.3 Å². The molecular formula is C21H22N4. The number of hydrogen-bond donors (Lipinski definition) is 1. The van der Waals surface area contributed by atoms with Gasteiger partial charge in [-0.15, -0.1) is 0 Å². The highest BCUT2D eigenvalue weighted by Gasteiger charge is 2.17. The van der Waals surface area contributed by atoms with E-state index in [-0.39, 0.29) is 0 Å². The maximum atomic E-state index is 4.82. The van der Waals surface area contributed by atoms with Gasteiger partial charge in [-0.2, -0.15) is 4.98 Å². The van der Waals surface area contributed by atoms with Gasteiger partial charge in [-0.25, -0.2) is 4.98 Å². The van der Waals surface area contributed by atoms with Gasteiger partial charge in [0.25, 0.3) is 0 Å². The van der Waals surface area contributed by atoms with Crippen LogP contribution in [0.3, 0.4) is 0 Å². The molecule has 4 rings (SSSR count). The SMILES string of the molecule is Cc1ccccc1Nc1cc(-c2ccccc2)nc(N2CCCC2)n1. The zero-order valence-electron chi connectivity index (χ0n) is 14.4. The van der Waals surface area contributed by atoms with Crippen molar-refractivity contribution in [3.05, 3.63) is 66.2 Å². The van der Waals surface area contributed by atoms with Gasteiger partial charge in [-0.05, 0) is 31.4 Å². The lowest BCUT2D eigenvalue weighted by Gasteiger charge is -2.18. The van der Waals surface area contributed by atoms with E-state index in [1.54, 1.807) is 0 Å². The van der Waals surface area contributed by atoms with Gasteiger partial charge in [0.15, 0.2) is 0 Å². The molecule has 1 N–H and O–H groups in total. The number of aryl methyl sites for hydroxylation is 1. The van der Waals surface area contributed by atoms with Crippen LogP contribution in [-0.4, -0.2) is 23.1 Å². The largest absolute Gasteiger partial charge is 0.341 e. The van der Waals surface area contributed by atoms with Crippen molar-refractivity contribution in [3.8, 4) is 11.3 Å². The number of benzene rings is 2. The molecule has 25 heavy (non-hydrogen) atoms. The summed E-state index contributed by atoms with van der Waals surface area (Å²) in [5, 5.41) is 3.47. The molecule has 0 atom stereocenters. The Hall–Kier alpha value is -2.88. The molecule has 1 saturated heterocycles. The third kappa shape index (κ3) is 3.48. The van der Waals surface area contributed by atoms with Gasteiger partial charge in [-0.3, -0.25) is 0 Å². The average Bonchev–Trinajstić information content (AvgIpc) is 3.19. The van der Waals surface area contributed by atoms with E-state index in [4.69, 9.17) is 9.97 Å².